The molecule has 0 aliphatic rings. The molecule has 0 rings (SSSR count). The molecule has 0 aromatic carbocycles. The Morgan fingerprint density at radius 1 is 1.43 bits per heavy atom. The highest BCUT2D eigenvalue weighted by Gasteiger charge is 2.36. The van der Waals surface area contributed by atoms with Crippen molar-refractivity contribution in [3.63, 3.8) is 0 Å². The van der Waals surface area contributed by atoms with E-state index in [2.05, 4.69) is 56.4 Å². The smallest absolute Gasteiger partial charge is 0.192 e. The van der Waals surface area contributed by atoms with Crippen molar-refractivity contribution < 1.29 is 4.43 Å². The second-order valence-electron chi connectivity index (χ2n) is 4.94. The molecular weight excluding hydrogens is 256 g/mol. The van der Waals surface area contributed by atoms with E-state index in [1.807, 2.05) is 11.1 Å². The zero-order valence-electron chi connectivity index (χ0n) is 9.86. The molecule has 0 unspecified atom stereocenters. The lowest BCUT2D eigenvalue weighted by atomic mass is 10.2. The van der Waals surface area contributed by atoms with Crippen LogP contribution >= 0.6 is 15.9 Å². The lowest BCUT2D eigenvalue weighted by Crippen LogP contribution is -2.41. The van der Waals surface area contributed by atoms with Gasteiger partial charge in [0.15, 0.2) is 8.32 Å². The van der Waals surface area contributed by atoms with Gasteiger partial charge in [0.25, 0.3) is 0 Å². The zero-order valence-corrected chi connectivity index (χ0v) is 12.4. The minimum Gasteiger partial charge on any atom is -0.413 e. The van der Waals surface area contributed by atoms with Gasteiger partial charge in [-0.05, 0) is 28.7 Å². The Balaban J connectivity index is 4.33. The van der Waals surface area contributed by atoms with E-state index in [9.17, 15) is 0 Å². The molecule has 1 nitrogen and oxygen atoms in total. The molecule has 0 radical (unpaired) electrons. The first-order chi connectivity index (χ1) is 6.24. The van der Waals surface area contributed by atoms with Crippen LogP contribution in [0.25, 0.3) is 0 Å². The fraction of sp³-hybridized carbons (Fsp3) is 0.636. The first kappa shape index (κ1) is 14.1. The second kappa shape index (κ2) is 5.28. The van der Waals surface area contributed by atoms with Crippen molar-refractivity contribution in [2.45, 2.75) is 38.9 Å². The molecule has 0 amide bonds. The van der Waals surface area contributed by atoms with Crippen molar-refractivity contribution in [2.24, 2.45) is 0 Å². The SMILES string of the molecule is C=C/C(=C/Br)CO[Si](C)(C)C(C)(C)C. The van der Waals surface area contributed by atoms with E-state index in [1.165, 1.54) is 0 Å². The van der Waals surface area contributed by atoms with Crippen LogP contribution in [0.4, 0.5) is 0 Å². The highest BCUT2D eigenvalue weighted by molar-refractivity contribution is 9.11. The summed E-state index contributed by atoms with van der Waals surface area (Å²) >= 11 is 3.30. The number of hydrogen-bond acceptors (Lipinski definition) is 1. The number of hydrogen-bond donors (Lipinski definition) is 0. The first-order valence-electron chi connectivity index (χ1n) is 4.80. The van der Waals surface area contributed by atoms with Crippen molar-refractivity contribution in [3.8, 4) is 0 Å². The molecule has 0 aromatic rings. The fourth-order valence-electron chi connectivity index (χ4n) is 0.615. The molecule has 0 aliphatic carbocycles. The van der Waals surface area contributed by atoms with Crippen LogP contribution in [0, 0.1) is 0 Å². The average molecular weight is 277 g/mol. The Bertz CT molecular complexity index is 226. The highest BCUT2D eigenvalue weighted by atomic mass is 79.9. The molecule has 3 heteroatoms. The lowest BCUT2D eigenvalue weighted by Gasteiger charge is -2.36. The van der Waals surface area contributed by atoms with Gasteiger partial charge in [-0.1, -0.05) is 49.4 Å². The maximum Gasteiger partial charge on any atom is 0.192 e. The topological polar surface area (TPSA) is 9.23 Å². The third-order valence-corrected chi connectivity index (χ3v) is 7.87. The Morgan fingerprint density at radius 2 is 1.93 bits per heavy atom. The van der Waals surface area contributed by atoms with E-state index in [0.29, 0.717) is 6.61 Å². The minimum absolute atomic E-state index is 0.269. The van der Waals surface area contributed by atoms with Gasteiger partial charge in [-0.15, -0.1) is 0 Å². The minimum atomic E-state index is -1.61. The molecule has 0 heterocycles. The predicted octanol–water partition coefficient (Wildman–Crippen LogP) is 4.47. The van der Waals surface area contributed by atoms with E-state index in [0.717, 1.165) is 5.57 Å². The Labute approximate surface area is 97.5 Å². The van der Waals surface area contributed by atoms with E-state index >= 15 is 0 Å². The van der Waals surface area contributed by atoms with Gasteiger partial charge in [0.2, 0.25) is 0 Å². The molecule has 0 bridgehead atoms. The van der Waals surface area contributed by atoms with Crippen LogP contribution in [0.2, 0.25) is 18.1 Å². The quantitative estimate of drug-likeness (QED) is 0.544. The van der Waals surface area contributed by atoms with Crippen LogP contribution in [0.3, 0.4) is 0 Å². The summed E-state index contributed by atoms with van der Waals surface area (Å²) in [6.07, 6.45) is 1.82. The normalized spacial score (nSPS) is 14.3. The third kappa shape index (κ3) is 4.11. The van der Waals surface area contributed by atoms with E-state index in [1.54, 1.807) is 0 Å². The Hall–Kier alpha value is 0.137. The summed E-state index contributed by atoms with van der Waals surface area (Å²) in [5.41, 5.74) is 1.09. The van der Waals surface area contributed by atoms with Gasteiger partial charge in [-0.25, -0.2) is 0 Å². The molecule has 0 N–H and O–H groups in total. The summed E-state index contributed by atoms with van der Waals surface area (Å²) in [6, 6.07) is 0. The van der Waals surface area contributed by atoms with Crippen molar-refractivity contribution in [1.29, 1.82) is 0 Å². The summed E-state index contributed by atoms with van der Waals surface area (Å²) in [4.78, 5) is 1.87. The maximum absolute atomic E-state index is 6.01. The average Bonchev–Trinajstić information content (AvgIpc) is 2.04. The Morgan fingerprint density at radius 3 is 2.21 bits per heavy atom. The van der Waals surface area contributed by atoms with Gasteiger partial charge in [0, 0.05) is 0 Å². The molecule has 0 aliphatic heterocycles. The van der Waals surface area contributed by atoms with E-state index in [4.69, 9.17) is 4.43 Å². The van der Waals surface area contributed by atoms with Crippen LogP contribution < -0.4 is 0 Å². The molecule has 0 spiro atoms. The third-order valence-electron chi connectivity index (χ3n) is 2.81. The summed E-state index contributed by atoms with van der Waals surface area (Å²) in [5, 5.41) is 0.269. The monoisotopic (exact) mass is 276 g/mol. The van der Waals surface area contributed by atoms with Crippen LogP contribution in [0.5, 0.6) is 0 Å². The van der Waals surface area contributed by atoms with Gasteiger partial charge < -0.3 is 4.43 Å². The van der Waals surface area contributed by atoms with Gasteiger partial charge in [-0.2, -0.15) is 0 Å². The molecule has 0 saturated carbocycles. The summed E-state index contributed by atoms with van der Waals surface area (Å²) in [5.74, 6) is 0. The van der Waals surface area contributed by atoms with Crippen LogP contribution in [-0.2, 0) is 4.43 Å². The van der Waals surface area contributed by atoms with Gasteiger partial charge in [0.1, 0.15) is 0 Å². The number of rotatable bonds is 4. The predicted molar refractivity (Wildman–Crippen MR) is 70.4 cm³/mol. The van der Waals surface area contributed by atoms with E-state index < -0.39 is 8.32 Å². The Kier molecular flexibility index (Phi) is 5.34. The largest absolute Gasteiger partial charge is 0.413 e. The summed E-state index contributed by atoms with van der Waals surface area (Å²) in [7, 11) is -1.61. The van der Waals surface area contributed by atoms with Crippen molar-refractivity contribution >= 4 is 24.2 Å². The van der Waals surface area contributed by atoms with Crippen molar-refractivity contribution in [1.82, 2.24) is 0 Å². The first-order valence-corrected chi connectivity index (χ1v) is 8.62. The van der Waals surface area contributed by atoms with Crippen LogP contribution in [0.1, 0.15) is 20.8 Å². The van der Waals surface area contributed by atoms with Gasteiger partial charge >= 0.3 is 0 Å². The summed E-state index contributed by atoms with van der Waals surface area (Å²) in [6.45, 7) is 15.6. The lowest BCUT2D eigenvalue weighted by molar-refractivity contribution is 0.322. The summed E-state index contributed by atoms with van der Waals surface area (Å²) < 4.78 is 6.01. The zero-order chi connectivity index (χ0) is 11.4. The molecular formula is C11H21BrOSi. The number of halogens is 1. The fourth-order valence-corrected chi connectivity index (χ4v) is 1.89. The van der Waals surface area contributed by atoms with Gasteiger partial charge in [0.05, 0.1) is 6.61 Å². The molecule has 0 atom stereocenters. The molecule has 0 aromatic heterocycles. The standard InChI is InChI=1S/C11H21BrOSi/c1-7-10(8-12)9-13-14(5,6)11(2,3)4/h7-8H,1,9H2,2-6H3/b10-8-. The molecule has 82 valence electrons. The molecule has 14 heavy (non-hydrogen) atoms. The van der Waals surface area contributed by atoms with Crippen molar-refractivity contribution in [3.05, 3.63) is 23.2 Å². The molecule has 0 saturated heterocycles. The second-order valence-corrected chi connectivity index (χ2v) is 10.2. The van der Waals surface area contributed by atoms with Crippen LogP contribution in [-0.4, -0.2) is 14.9 Å². The molecule has 0 fully saturated rings. The highest BCUT2D eigenvalue weighted by Crippen LogP contribution is 2.36. The van der Waals surface area contributed by atoms with E-state index in [-0.39, 0.29) is 5.04 Å². The van der Waals surface area contributed by atoms with Gasteiger partial charge in [-0.3, -0.25) is 0 Å². The maximum atomic E-state index is 6.01. The van der Waals surface area contributed by atoms with Crippen LogP contribution in [0.15, 0.2) is 23.2 Å². The van der Waals surface area contributed by atoms with Crippen molar-refractivity contribution in [2.75, 3.05) is 6.61 Å².